The molecule has 1 N–H and O–H groups in total. The van der Waals surface area contributed by atoms with E-state index < -0.39 is 15.8 Å². The molecule has 0 spiro atoms. The van der Waals surface area contributed by atoms with Crippen molar-refractivity contribution in [3.8, 4) is 0 Å². The third-order valence-electron chi connectivity index (χ3n) is 2.08. The number of aliphatic hydroxyl groups is 1. The molecule has 1 aromatic rings. The summed E-state index contributed by atoms with van der Waals surface area (Å²) in [6.07, 6.45) is 0. The van der Waals surface area contributed by atoms with Crippen molar-refractivity contribution >= 4 is 9.84 Å². The van der Waals surface area contributed by atoms with Crippen LogP contribution in [0.4, 0.5) is 0 Å². The molecule has 0 saturated carbocycles. The van der Waals surface area contributed by atoms with E-state index in [0.29, 0.717) is 5.92 Å². The first-order valence-corrected chi connectivity index (χ1v) is 6.06. The van der Waals surface area contributed by atoms with Gasteiger partial charge in [0.25, 0.3) is 0 Å². The quantitative estimate of drug-likeness (QED) is 0.830. The van der Waals surface area contributed by atoms with Crippen LogP contribution in [0.15, 0.2) is 29.2 Å². The van der Waals surface area contributed by atoms with Crippen LogP contribution in [0.25, 0.3) is 0 Å². The minimum atomic E-state index is -3.49. The molecule has 0 aliphatic carbocycles. The minimum Gasteiger partial charge on any atom is -0.380 e. The molecule has 0 aliphatic rings. The van der Waals surface area contributed by atoms with Crippen LogP contribution in [0.1, 0.15) is 25.3 Å². The van der Waals surface area contributed by atoms with Crippen LogP contribution in [0.3, 0.4) is 0 Å². The third-order valence-corrected chi connectivity index (χ3v) is 3.41. The highest BCUT2D eigenvalue weighted by atomic mass is 32.2. The van der Waals surface area contributed by atoms with Gasteiger partial charge >= 0.3 is 0 Å². The van der Waals surface area contributed by atoms with E-state index in [9.17, 15) is 8.42 Å². The Morgan fingerprint density at radius 2 is 1.71 bits per heavy atom. The summed E-state index contributed by atoms with van der Waals surface area (Å²) in [4.78, 5) is 0.171. The van der Waals surface area contributed by atoms with Crippen LogP contribution < -0.4 is 0 Å². The Labute approximate surface area is 84.3 Å². The molecule has 0 atom stereocenters. The number of aliphatic hydroxyl groups excluding tert-OH is 1. The van der Waals surface area contributed by atoms with Gasteiger partial charge in [-0.05, 0) is 23.6 Å². The van der Waals surface area contributed by atoms with Crippen LogP contribution in [0.2, 0.25) is 0 Å². The van der Waals surface area contributed by atoms with E-state index in [-0.39, 0.29) is 4.90 Å². The SMILES string of the molecule is CC(C)c1ccc(S(=O)(=O)CO)cc1. The maximum Gasteiger partial charge on any atom is 0.202 e. The van der Waals surface area contributed by atoms with Gasteiger partial charge in [0.05, 0.1) is 4.90 Å². The molecular formula is C10H14O3S. The average molecular weight is 214 g/mol. The summed E-state index contributed by atoms with van der Waals surface area (Å²) in [7, 11) is -3.49. The summed E-state index contributed by atoms with van der Waals surface area (Å²) in [5, 5.41) is 8.64. The van der Waals surface area contributed by atoms with E-state index in [0.717, 1.165) is 5.56 Å². The van der Waals surface area contributed by atoms with E-state index in [2.05, 4.69) is 0 Å². The molecule has 0 fully saturated rings. The van der Waals surface area contributed by atoms with Gasteiger partial charge in [0, 0.05) is 0 Å². The number of hydrogen-bond acceptors (Lipinski definition) is 3. The molecule has 3 nitrogen and oxygen atoms in total. The van der Waals surface area contributed by atoms with Gasteiger partial charge in [-0.1, -0.05) is 26.0 Å². The second kappa shape index (κ2) is 4.11. The first-order valence-electron chi connectivity index (χ1n) is 4.41. The van der Waals surface area contributed by atoms with Gasteiger partial charge in [-0.2, -0.15) is 0 Å². The second-order valence-electron chi connectivity index (χ2n) is 3.47. The van der Waals surface area contributed by atoms with Gasteiger partial charge in [0.2, 0.25) is 9.84 Å². The normalized spacial score (nSPS) is 12.0. The van der Waals surface area contributed by atoms with Crippen LogP contribution in [-0.2, 0) is 9.84 Å². The molecule has 78 valence electrons. The fourth-order valence-corrected chi connectivity index (χ4v) is 1.83. The van der Waals surface area contributed by atoms with Crippen LogP contribution in [0.5, 0.6) is 0 Å². The van der Waals surface area contributed by atoms with Gasteiger partial charge < -0.3 is 5.11 Å². The zero-order valence-corrected chi connectivity index (χ0v) is 9.08. The first kappa shape index (κ1) is 11.2. The molecule has 1 rings (SSSR count). The van der Waals surface area contributed by atoms with Crippen molar-refractivity contribution in [1.82, 2.24) is 0 Å². The molecule has 0 amide bonds. The van der Waals surface area contributed by atoms with Gasteiger partial charge in [-0.3, -0.25) is 0 Å². The zero-order valence-electron chi connectivity index (χ0n) is 8.27. The van der Waals surface area contributed by atoms with Crippen molar-refractivity contribution in [3.63, 3.8) is 0 Å². The highest BCUT2D eigenvalue weighted by Gasteiger charge is 2.12. The Morgan fingerprint density at radius 3 is 2.07 bits per heavy atom. The molecule has 0 saturated heterocycles. The Morgan fingerprint density at radius 1 is 1.21 bits per heavy atom. The Hall–Kier alpha value is -0.870. The van der Waals surface area contributed by atoms with Crippen LogP contribution >= 0.6 is 0 Å². The smallest absolute Gasteiger partial charge is 0.202 e. The number of rotatable bonds is 3. The molecule has 0 heterocycles. The van der Waals surface area contributed by atoms with Crippen molar-refractivity contribution in [2.24, 2.45) is 0 Å². The van der Waals surface area contributed by atoms with Gasteiger partial charge in [-0.15, -0.1) is 0 Å². The maximum atomic E-state index is 11.2. The van der Waals surface area contributed by atoms with Crippen molar-refractivity contribution in [1.29, 1.82) is 0 Å². The fourth-order valence-electron chi connectivity index (χ4n) is 1.13. The number of sulfone groups is 1. The van der Waals surface area contributed by atoms with Gasteiger partial charge in [-0.25, -0.2) is 8.42 Å². The number of benzene rings is 1. The summed E-state index contributed by atoms with van der Waals surface area (Å²) in [6.45, 7) is 4.07. The molecule has 0 radical (unpaired) electrons. The lowest BCUT2D eigenvalue weighted by Crippen LogP contribution is -2.05. The summed E-state index contributed by atoms with van der Waals surface area (Å²) in [5.41, 5.74) is 1.09. The summed E-state index contributed by atoms with van der Waals surface area (Å²) < 4.78 is 22.5. The molecule has 0 aliphatic heterocycles. The molecule has 0 unspecified atom stereocenters. The topological polar surface area (TPSA) is 54.4 Å². The lowest BCUT2D eigenvalue weighted by molar-refractivity contribution is 0.358. The Kier molecular flexibility index (Phi) is 3.29. The van der Waals surface area contributed by atoms with E-state index in [1.807, 2.05) is 13.8 Å². The van der Waals surface area contributed by atoms with Crippen molar-refractivity contribution in [2.75, 3.05) is 5.94 Å². The molecule has 1 aromatic carbocycles. The monoisotopic (exact) mass is 214 g/mol. The van der Waals surface area contributed by atoms with Gasteiger partial charge in [0.1, 0.15) is 5.94 Å². The highest BCUT2D eigenvalue weighted by Crippen LogP contribution is 2.17. The average Bonchev–Trinajstić information content (AvgIpc) is 2.18. The van der Waals surface area contributed by atoms with Crippen molar-refractivity contribution < 1.29 is 13.5 Å². The molecular weight excluding hydrogens is 200 g/mol. The van der Waals surface area contributed by atoms with Crippen LogP contribution in [-0.4, -0.2) is 19.5 Å². The summed E-state index contributed by atoms with van der Waals surface area (Å²) in [5.74, 6) is -0.463. The second-order valence-corrected chi connectivity index (χ2v) is 5.43. The van der Waals surface area contributed by atoms with Crippen LogP contribution in [0, 0.1) is 0 Å². The van der Waals surface area contributed by atoms with Crippen molar-refractivity contribution in [3.05, 3.63) is 29.8 Å². The fraction of sp³-hybridized carbons (Fsp3) is 0.400. The van der Waals surface area contributed by atoms with E-state index in [1.165, 1.54) is 12.1 Å². The Bertz CT molecular complexity index is 390. The first-order chi connectivity index (χ1) is 6.47. The lowest BCUT2D eigenvalue weighted by atomic mass is 10.0. The lowest BCUT2D eigenvalue weighted by Gasteiger charge is -2.06. The van der Waals surface area contributed by atoms with E-state index in [1.54, 1.807) is 12.1 Å². The Balaban J connectivity index is 3.06. The highest BCUT2D eigenvalue weighted by molar-refractivity contribution is 7.91. The molecule has 0 aromatic heterocycles. The van der Waals surface area contributed by atoms with E-state index in [4.69, 9.17) is 5.11 Å². The predicted octanol–water partition coefficient (Wildman–Crippen LogP) is 1.53. The molecule has 4 heteroatoms. The third kappa shape index (κ3) is 2.33. The predicted molar refractivity (Wildman–Crippen MR) is 54.8 cm³/mol. The minimum absolute atomic E-state index is 0.171. The maximum absolute atomic E-state index is 11.2. The standard InChI is InChI=1S/C10H14O3S/c1-8(2)9-3-5-10(6-4-9)14(12,13)7-11/h3-6,8,11H,7H2,1-2H3. The largest absolute Gasteiger partial charge is 0.380 e. The van der Waals surface area contributed by atoms with E-state index >= 15 is 0 Å². The molecule has 14 heavy (non-hydrogen) atoms. The number of hydrogen-bond donors (Lipinski definition) is 1. The van der Waals surface area contributed by atoms with Crippen molar-refractivity contribution in [2.45, 2.75) is 24.7 Å². The summed E-state index contributed by atoms with van der Waals surface area (Å²) in [6, 6.07) is 6.60. The summed E-state index contributed by atoms with van der Waals surface area (Å²) >= 11 is 0. The van der Waals surface area contributed by atoms with Gasteiger partial charge in [0.15, 0.2) is 0 Å². The zero-order chi connectivity index (χ0) is 10.8. The molecule has 0 bridgehead atoms.